The van der Waals surface area contributed by atoms with Crippen LogP contribution in [0, 0.1) is 0 Å². The first-order valence-electron chi connectivity index (χ1n) is 8.92. The number of thiophene rings is 1. The number of ether oxygens (including phenoxy) is 1. The van der Waals surface area contributed by atoms with E-state index >= 15 is 0 Å². The molecule has 5 nitrogen and oxygen atoms in total. The molecule has 0 unspecified atom stereocenters. The lowest BCUT2D eigenvalue weighted by molar-refractivity contribution is 0.103. The third-order valence-electron chi connectivity index (χ3n) is 4.35. The topological polar surface area (TPSA) is 54.5 Å². The average molecular weight is 388 g/mol. The van der Waals surface area contributed by atoms with Crippen LogP contribution in [0.4, 0.5) is 10.8 Å². The molecule has 3 heterocycles. The van der Waals surface area contributed by atoms with Gasteiger partial charge < -0.3 is 15.0 Å². The van der Waals surface area contributed by atoms with E-state index in [0.717, 1.165) is 39.2 Å². The number of carbonyl (C=O) groups excluding carboxylic acids is 1. The number of thiazole rings is 1. The van der Waals surface area contributed by atoms with Crippen LogP contribution in [0.2, 0.25) is 0 Å². The molecule has 2 aromatic heterocycles. The Morgan fingerprint density at radius 2 is 1.96 bits per heavy atom. The van der Waals surface area contributed by atoms with Crippen molar-refractivity contribution in [1.29, 1.82) is 0 Å². The summed E-state index contributed by atoms with van der Waals surface area (Å²) in [4.78, 5) is 20.3. The molecular weight excluding hydrogens is 366 g/mol. The molecule has 1 aliphatic rings. The Morgan fingerprint density at radius 3 is 2.65 bits per heavy atom. The molecule has 136 valence electrons. The summed E-state index contributed by atoms with van der Waals surface area (Å²) >= 11 is 3.21. The van der Waals surface area contributed by atoms with Crippen molar-refractivity contribution in [1.82, 2.24) is 4.98 Å². The molecule has 1 saturated heterocycles. The number of piperidine rings is 1. The van der Waals surface area contributed by atoms with E-state index in [9.17, 15) is 4.79 Å². The highest BCUT2D eigenvalue weighted by Crippen LogP contribution is 2.36. The van der Waals surface area contributed by atoms with Crippen molar-refractivity contribution < 1.29 is 9.53 Å². The molecule has 1 fully saturated rings. The number of rotatable bonds is 5. The van der Waals surface area contributed by atoms with Crippen molar-refractivity contribution in [2.45, 2.75) is 26.2 Å². The SMILES string of the molecule is CCOc1ccc(NC(=O)c2cc3nc(N4CCCCC4)sc3s2)cc1. The van der Waals surface area contributed by atoms with E-state index in [1.165, 1.54) is 30.6 Å². The second kappa shape index (κ2) is 7.63. The smallest absolute Gasteiger partial charge is 0.265 e. The summed E-state index contributed by atoms with van der Waals surface area (Å²) in [6.07, 6.45) is 3.79. The van der Waals surface area contributed by atoms with Crippen LogP contribution in [0.15, 0.2) is 30.3 Å². The van der Waals surface area contributed by atoms with Crippen LogP contribution in [0.3, 0.4) is 0 Å². The molecule has 3 aromatic rings. The van der Waals surface area contributed by atoms with Crippen molar-refractivity contribution in [3.8, 4) is 5.75 Å². The largest absolute Gasteiger partial charge is 0.494 e. The second-order valence-electron chi connectivity index (χ2n) is 6.24. The fourth-order valence-corrected chi connectivity index (χ4v) is 5.26. The van der Waals surface area contributed by atoms with Gasteiger partial charge in [0.05, 0.1) is 17.0 Å². The van der Waals surface area contributed by atoms with Gasteiger partial charge in [0.1, 0.15) is 9.76 Å². The molecule has 1 aromatic carbocycles. The number of nitrogens with one attached hydrogen (secondary N) is 1. The molecule has 26 heavy (non-hydrogen) atoms. The normalized spacial score (nSPS) is 14.6. The van der Waals surface area contributed by atoms with E-state index in [4.69, 9.17) is 9.72 Å². The van der Waals surface area contributed by atoms with Gasteiger partial charge in [-0.2, -0.15) is 0 Å². The van der Waals surface area contributed by atoms with Gasteiger partial charge in [0.15, 0.2) is 5.13 Å². The van der Waals surface area contributed by atoms with Gasteiger partial charge in [-0.15, -0.1) is 11.3 Å². The van der Waals surface area contributed by atoms with Crippen LogP contribution in [-0.2, 0) is 0 Å². The second-order valence-corrected chi connectivity index (χ2v) is 8.53. The summed E-state index contributed by atoms with van der Waals surface area (Å²) in [6, 6.07) is 9.32. The minimum Gasteiger partial charge on any atom is -0.494 e. The predicted octanol–water partition coefficient (Wildman–Crippen LogP) is 5.00. The first kappa shape index (κ1) is 17.3. The molecule has 0 spiro atoms. The van der Waals surface area contributed by atoms with Gasteiger partial charge in [-0.05, 0) is 56.5 Å². The minimum atomic E-state index is -0.0936. The molecule has 7 heteroatoms. The van der Waals surface area contributed by atoms with E-state index in [2.05, 4.69) is 10.2 Å². The third-order valence-corrected chi connectivity index (χ3v) is 6.70. The summed E-state index contributed by atoms with van der Waals surface area (Å²) < 4.78 is 6.53. The standard InChI is InChI=1S/C19H21N3O2S2/c1-2-24-14-8-6-13(7-9-14)20-17(23)16-12-15-18(25-16)26-19(21-15)22-10-4-3-5-11-22/h6-9,12H,2-5,10-11H2,1H3,(H,20,23). The molecule has 4 rings (SSSR count). The maximum atomic E-state index is 12.5. The van der Waals surface area contributed by atoms with E-state index in [-0.39, 0.29) is 5.91 Å². The molecule has 0 atom stereocenters. The summed E-state index contributed by atoms with van der Waals surface area (Å²) in [5.41, 5.74) is 1.69. The van der Waals surface area contributed by atoms with Crippen LogP contribution in [0.1, 0.15) is 35.9 Å². The zero-order valence-electron chi connectivity index (χ0n) is 14.7. The average Bonchev–Trinajstić information content (AvgIpc) is 3.23. The Balaban J connectivity index is 1.45. The van der Waals surface area contributed by atoms with E-state index in [1.54, 1.807) is 11.3 Å². The number of benzene rings is 1. The number of hydrogen-bond donors (Lipinski definition) is 1. The fourth-order valence-electron chi connectivity index (χ4n) is 3.05. The van der Waals surface area contributed by atoms with Gasteiger partial charge in [0, 0.05) is 18.8 Å². The Morgan fingerprint density at radius 1 is 1.19 bits per heavy atom. The quantitative estimate of drug-likeness (QED) is 0.669. The summed E-state index contributed by atoms with van der Waals surface area (Å²) in [6.45, 7) is 4.75. The van der Waals surface area contributed by atoms with Crippen molar-refractivity contribution in [3.05, 3.63) is 35.2 Å². The number of aromatic nitrogens is 1. The van der Waals surface area contributed by atoms with Crippen LogP contribution in [0.5, 0.6) is 5.75 Å². The number of fused-ring (bicyclic) bond motifs is 1. The van der Waals surface area contributed by atoms with Crippen LogP contribution >= 0.6 is 22.7 Å². The number of carbonyl (C=O) groups is 1. The van der Waals surface area contributed by atoms with Crippen molar-refractivity contribution in [3.63, 3.8) is 0 Å². The molecule has 0 saturated carbocycles. The number of nitrogens with zero attached hydrogens (tertiary/aromatic N) is 2. The maximum Gasteiger partial charge on any atom is 0.265 e. The van der Waals surface area contributed by atoms with Crippen molar-refractivity contribution >= 4 is 48.9 Å². The number of hydrogen-bond acceptors (Lipinski definition) is 6. The molecular formula is C19H21N3O2S2. The molecule has 0 aliphatic carbocycles. The molecule has 0 radical (unpaired) electrons. The van der Waals surface area contributed by atoms with Crippen LogP contribution in [-0.4, -0.2) is 30.6 Å². The molecule has 1 N–H and O–H groups in total. The van der Waals surface area contributed by atoms with Crippen LogP contribution in [0.25, 0.3) is 9.53 Å². The Labute approximate surface area is 160 Å². The van der Waals surface area contributed by atoms with Gasteiger partial charge in [0.2, 0.25) is 0 Å². The first-order chi connectivity index (χ1) is 12.7. The summed E-state index contributed by atoms with van der Waals surface area (Å²) in [5.74, 6) is 0.709. The highest BCUT2D eigenvalue weighted by molar-refractivity contribution is 7.40. The fraction of sp³-hybridized carbons (Fsp3) is 0.368. The van der Waals surface area contributed by atoms with E-state index in [0.29, 0.717) is 11.5 Å². The Hall–Kier alpha value is -2.12. The highest BCUT2D eigenvalue weighted by atomic mass is 32.2. The lowest BCUT2D eigenvalue weighted by Crippen LogP contribution is -2.29. The van der Waals surface area contributed by atoms with Gasteiger partial charge in [-0.1, -0.05) is 11.3 Å². The summed E-state index contributed by atoms with van der Waals surface area (Å²) in [7, 11) is 0. The van der Waals surface area contributed by atoms with Gasteiger partial charge in [0.25, 0.3) is 5.91 Å². The predicted molar refractivity (Wildman–Crippen MR) is 109 cm³/mol. The molecule has 1 amide bonds. The highest BCUT2D eigenvalue weighted by Gasteiger charge is 2.18. The zero-order valence-corrected chi connectivity index (χ0v) is 16.3. The minimum absolute atomic E-state index is 0.0936. The summed E-state index contributed by atoms with van der Waals surface area (Å²) in [5, 5.41) is 4.03. The monoisotopic (exact) mass is 387 g/mol. The van der Waals surface area contributed by atoms with Crippen LogP contribution < -0.4 is 15.0 Å². The van der Waals surface area contributed by atoms with Gasteiger partial charge >= 0.3 is 0 Å². The molecule has 0 bridgehead atoms. The van der Waals surface area contributed by atoms with Crippen molar-refractivity contribution in [2.24, 2.45) is 0 Å². The van der Waals surface area contributed by atoms with Crippen molar-refractivity contribution in [2.75, 3.05) is 29.9 Å². The lowest BCUT2D eigenvalue weighted by atomic mass is 10.1. The first-order valence-corrected chi connectivity index (χ1v) is 10.6. The number of amides is 1. The van der Waals surface area contributed by atoms with Gasteiger partial charge in [-0.25, -0.2) is 4.98 Å². The number of anilines is 2. The van der Waals surface area contributed by atoms with E-state index < -0.39 is 0 Å². The zero-order chi connectivity index (χ0) is 17.9. The Kier molecular flexibility index (Phi) is 5.08. The van der Waals surface area contributed by atoms with Gasteiger partial charge in [-0.3, -0.25) is 4.79 Å². The van der Waals surface area contributed by atoms with E-state index in [1.807, 2.05) is 37.3 Å². The Bertz CT molecular complexity index is 864. The molecule has 1 aliphatic heterocycles. The maximum absolute atomic E-state index is 12.5. The third kappa shape index (κ3) is 3.68. The lowest BCUT2D eigenvalue weighted by Gasteiger charge is -2.25.